The van der Waals surface area contributed by atoms with Crippen LogP contribution in [0, 0.1) is 0 Å². The van der Waals surface area contributed by atoms with Gasteiger partial charge in [0.05, 0.1) is 11.3 Å². The predicted molar refractivity (Wildman–Crippen MR) is 89.3 cm³/mol. The van der Waals surface area contributed by atoms with Crippen molar-refractivity contribution in [2.45, 2.75) is 12.5 Å². The summed E-state index contributed by atoms with van der Waals surface area (Å²) in [5.74, 6) is -0.661. The number of anilines is 1. The van der Waals surface area contributed by atoms with Gasteiger partial charge in [0.15, 0.2) is 6.10 Å². The van der Waals surface area contributed by atoms with Crippen molar-refractivity contribution in [3.05, 3.63) is 72.1 Å². The molecule has 0 aliphatic carbocycles. The van der Waals surface area contributed by atoms with Gasteiger partial charge in [0.2, 0.25) is 5.95 Å². The van der Waals surface area contributed by atoms with Gasteiger partial charge in [0.25, 0.3) is 5.91 Å². The van der Waals surface area contributed by atoms with E-state index in [0.29, 0.717) is 12.0 Å². The molecule has 2 aromatic carbocycles. The minimum atomic E-state index is -0.900. The Balaban J connectivity index is 1.55. The van der Waals surface area contributed by atoms with Gasteiger partial charge < -0.3 is 4.74 Å². The third-order valence-electron chi connectivity index (χ3n) is 4.00. The number of cyclic esters (lactones) is 1. The second-order valence-corrected chi connectivity index (χ2v) is 5.60. The molecule has 1 aliphatic rings. The van der Waals surface area contributed by atoms with Crippen LogP contribution in [0.4, 0.5) is 5.95 Å². The third-order valence-corrected chi connectivity index (χ3v) is 4.00. The van der Waals surface area contributed by atoms with Gasteiger partial charge in [0, 0.05) is 6.42 Å². The molecule has 4 rings (SSSR count). The lowest BCUT2D eigenvalue weighted by atomic mass is 9.98. The van der Waals surface area contributed by atoms with Crippen molar-refractivity contribution in [3.8, 4) is 5.69 Å². The molecule has 0 bridgehead atoms. The summed E-state index contributed by atoms with van der Waals surface area (Å²) >= 11 is 0. The number of hydrogen-bond acceptors (Lipinski definition) is 5. The van der Waals surface area contributed by atoms with Crippen LogP contribution < -0.4 is 5.32 Å². The van der Waals surface area contributed by atoms with Crippen LogP contribution in [0.5, 0.6) is 0 Å². The van der Waals surface area contributed by atoms with E-state index in [1.807, 2.05) is 42.5 Å². The molecule has 1 unspecified atom stereocenters. The second-order valence-electron chi connectivity index (χ2n) is 5.60. The maximum Gasteiger partial charge on any atom is 0.339 e. The first-order chi connectivity index (χ1) is 12.2. The van der Waals surface area contributed by atoms with Gasteiger partial charge in [-0.05, 0) is 23.8 Å². The molecule has 0 fully saturated rings. The molecule has 0 saturated carbocycles. The zero-order valence-corrected chi connectivity index (χ0v) is 13.1. The highest BCUT2D eigenvalue weighted by Gasteiger charge is 2.31. The normalized spacial score (nSPS) is 16.0. The van der Waals surface area contributed by atoms with E-state index in [1.54, 1.807) is 16.7 Å². The Morgan fingerprint density at radius 2 is 1.88 bits per heavy atom. The first-order valence-corrected chi connectivity index (χ1v) is 7.77. The molecule has 1 aromatic heterocycles. The first kappa shape index (κ1) is 15.1. The second kappa shape index (κ2) is 6.20. The quantitative estimate of drug-likeness (QED) is 0.740. The molecule has 0 spiro atoms. The molecular weight excluding hydrogens is 320 g/mol. The molecule has 0 radical (unpaired) electrons. The lowest BCUT2D eigenvalue weighted by Crippen LogP contribution is -2.38. The van der Waals surface area contributed by atoms with E-state index >= 15 is 0 Å². The van der Waals surface area contributed by atoms with E-state index in [9.17, 15) is 9.59 Å². The highest BCUT2D eigenvalue weighted by atomic mass is 16.5. The third kappa shape index (κ3) is 2.87. The Hall–Kier alpha value is -3.48. The Morgan fingerprint density at radius 3 is 2.72 bits per heavy atom. The van der Waals surface area contributed by atoms with Gasteiger partial charge in [0.1, 0.15) is 6.33 Å². The number of para-hydroxylation sites is 1. The number of nitrogens with one attached hydrogen (secondary N) is 1. The molecule has 0 saturated heterocycles. The van der Waals surface area contributed by atoms with E-state index in [1.165, 1.54) is 6.33 Å². The first-order valence-electron chi connectivity index (χ1n) is 7.77. The van der Waals surface area contributed by atoms with Crippen molar-refractivity contribution in [2.75, 3.05) is 5.32 Å². The monoisotopic (exact) mass is 334 g/mol. The number of aromatic nitrogens is 3. The van der Waals surface area contributed by atoms with Gasteiger partial charge in [-0.3, -0.25) is 14.7 Å². The minimum Gasteiger partial charge on any atom is -0.448 e. The van der Waals surface area contributed by atoms with Crippen molar-refractivity contribution in [1.82, 2.24) is 14.8 Å². The van der Waals surface area contributed by atoms with Crippen molar-refractivity contribution in [2.24, 2.45) is 0 Å². The number of rotatable bonds is 3. The van der Waals surface area contributed by atoms with E-state index in [4.69, 9.17) is 4.74 Å². The highest BCUT2D eigenvalue weighted by Crippen LogP contribution is 2.21. The summed E-state index contributed by atoms with van der Waals surface area (Å²) in [4.78, 5) is 24.6. The van der Waals surface area contributed by atoms with E-state index in [0.717, 1.165) is 11.3 Å². The zero-order chi connectivity index (χ0) is 17.2. The van der Waals surface area contributed by atoms with Crippen LogP contribution in [0.25, 0.3) is 5.69 Å². The largest absolute Gasteiger partial charge is 0.448 e. The number of hydrogen-bond donors (Lipinski definition) is 1. The number of carbonyl (C=O) groups is 2. The zero-order valence-electron chi connectivity index (χ0n) is 13.1. The summed E-state index contributed by atoms with van der Waals surface area (Å²) in [6.07, 6.45) is 0.934. The minimum absolute atomic E-state index is 0.270. The van der Waals surface area contributed by atoms with Gasteiger partial charge in [-0.15, -0.1) is 10.2 Å². The topological polar surface area (TPSA) is 86.1 Å². The number of benzene rings is 2. The summed E-state index contributed by atoms with van der Waals surface area (Å²) in [5, 5.41) is 10.5. The van der Waals surface area contributed by atoms with Crippen molar-refractivity contribution in [1.29, 1.82) is 0 Å². The van der Waals surface area contributed by atoms with Crippen molar-refractivity contribution in [3.63, 3.8) is 0 Å². The molecule has 1 aliphatic heterocycles. The van der Waals surface area contributed by atoms with Crippen LogP contribution in [0.3, 0.4) is 0 Å². The van der Waals surface area contributed by atoms with Crippen LogP contribution in [-0.4, -0.2) is 32.7 Å². The molecular formula is C18H14N4O3. The fraction of sp³-hybridized carbons (Fsp3) is 0.111. The van der Waals surface area contributed by atoms with E-state index in [-0.39, 0.29) is 5.95 Å². The average molecular weight is 334 g/mol. The number of nitrogens with zero attached hydrogens (tertiary/aromatic N) is 3. The lowest BCUT2D eigenvalue weighted by molar-refractivity contribution is -0.125. The fourth-order valence-corrected chi connectivity index (χ4v) is 2.77. The Bertz CT molecular complexity index is 936. The maximum atomic E-state index is 12.5. The number of esters is 1. The smallest absolute Gasteiger partial charge is 0.339 e. The highest BCUT2D eigenvalue weighted by molar-refractivity contribution is 5.99. The SMILES string of the molecule is O=C1OC(C(=O)Nc2nncn2-c2ccccc2)Cc2ccccc21. The molecule has 1 N–H and O–H groups in total. The van der Waals surface area contributed by atoms with Crippen LogP contribution in [0.15, 0.2) is 60.9 Å². The molecule has 124 valence electrons. The fourth-order valence-electron chi connectivity index (χ4n) is 2.77. The Kier molecular flexibility index (Phi) is 3.74. The van der Waals surface area contributed by atoms with E-state index in [2.05, 4.69) is 15.5 Å². The van der Waals surface area contributed by atoms with Crippen LogP contribution in [-0.2, 0) is 16.0 Å². The van der Waals surface area contributed by atoms with Gasteiger partial charge in [-0.1, -0.05) is 36.4 Å². The number of carbonyl (C=O) groups excluding carboxylic acids is 2. The van der Waals surface area contributed by atoms with E-state index < -0.39 is 18.0 Å². The Labute approximate surface area is 143 Å². The Morgan fingerprint density at radius 1 is 1.12 bits per heavy atom. The van der Waals surface area contributed by atoms with Crippen LogP contribution >= 0.6 is 0 Å². The van der Waals surface area contributed by atoms with Gasteiger partial charge in [-0.25, -0.2) is 4.79 Å². The molecule has 3 aromatic rings. The summed E-state index contributed by atoms with van der Waals surface area (Å²) in [7, 11) is 0. The van der Waals surface area contributed by atoms with Gasteiger partial charge >= 0.3 is 5.97 Å². The molecule has 1 atom stereocenters. The molecule has 1 amide bonds. The van der Waals surface area contributed by atoms with Crippen molar-refractivity contribution >= 4 is 17.8 Å². The van der Waals surface area contributed by atoms with Crippen LogP contribution in [0.2, 0.25) is 0 Å². The van der Waals surface area contributed by atoms with Crippen LogP contribution in [0.1, 0.15) is 15.9 Å². The summed E-state index contributed by atoms with van der Waals surface area (Å²) in [5.41, 5.74) is 2.11. The number of amides is 1. The van der Waals surface area contributed by atoms with Gasteiger partial charge in [-0.2, -0.15) is 0 Å². The summed E-state index contributed by atoms with van der Waals surface area (Å²) < 4.78 is 6.91. The average Bonchev–Trinajstić information content (AvgIpc) is 3.10. The predicted octanol–water partition coefficient (Wildman–Crippen LogP) is 1.99. The summed E-state index contributed by atoms with van der Waals surface area (Å²) in [6, 6.07) is 16.5. The molecule has 7 nitrogen and oxygen atoms in total. The summed E-state index contributed by atoms with van der Waals surface area (Å²) in [6.45, 7) is 0. The molecule has 7 heteroatoms. The number of ether oxygens (including phenoxy) is 1. The standard InChI is InChI=1S/C18H14N4O3/c23-16(15-10-12-6-4-5-9-14(12)17(24)25-15)20-18-21-19-11-22(18)13-7-2-1-3-8-13/h1-9,11,15H,10H2,(H,20,21,23). The molecule has 2 heterocycles. The molecule has 25 heavy (non-hydrogen) atoms. The number of fused-ring (bicyclic) bond motifs is 1. The van der Waals surface area contributed by atoms with Crippen molar-refractivity contribution < 1.29 is 14.3 Å². The lowest BCUT2D eigenvalue weighted by Gasteiger charge is -2.23. The maximum absolute atomic E-state index is 12.5.